The van der Waals surface area contributed by atoms with Crippen molar-refractivity contribution in [1.82, 2.24) is 15.1 Å². The highest BCUT2D eigenvalue weighted by Crippen LogP contribution is 2.30. The Morgan fingerprint density at radius 2 is 2.14 bits per heavy atom. The predicted octanol–water partition coefficient (Wildman–Crippen LogP) is 4.26. The van der Waals surface area contributed by atoms with E-state index >= 15 is 0 Å². The van der Waals surface area contributed by atoms with Crippen molar-refractivity contribution < 1.29 is 0 Å². The van der Waals surface area contributed by atoms with Gasteiger partial charge in [0.1, 0.15) is 0 Å². The Balaban J connectivity index is 1.70. The van der Waals surface area contributed by atoms with Crippen LogP contribution in [0, 0.1) is 6.92 Å². The lowest BCUT2D eigenvalue weighted by Crippen LogP contribution is -2.22. The van der Waals surface area contributed by atoms with Crippen LogP contribution in [0.1, 0.15) is 60.1 Å². The molecule has 3 nitrogen and oxygen atoms in total. The monoisotopic (exact) mass is 303 g/mol. The number of hydrogen-bond donors (Lipinski definition) is 1. The van der Waals surface area contributed by atoms with Gasteiger partial charge in [-0.1, -0.05) is 19.8 Å². The van der Waals surface area contributed by atoms with Crippen molar-refractivity contribution in [2.45, 2.75) is 58.0 Å². The van der Waals surface area contributed by atoms with E-state index in [1.54, 1.807) is 0 Å². The Kier molecular flexibility index (Phi) is 4.76. The van der Waals surface area contributed by atoms with Gasteiger partial charge in [-0.2, -0.15) is 5.10 Å². The molecule has 0 radical (unpaired) electrons. The van der Waals surface area contributed by atoms with E-state index in [4.69, 9.17) is 5.10 Å². The van der Waals surface area contributed by atoms with Crippen molar-refractivity contribution in [3.63, 3.8) is 0 Å². The van der Waals surface area contributed by atoms with Crippen molar-refractivity contribution in [3.8, 4) is 0 Å². The van der Waals surface area contributed by atoms with E-state index in [2.05, 4.69) is 48.2 Å². The van der Waals surface area contributed by atoms with Crippen LogP contribution < -0.4 is 5.32 Å². The van der Waals surface area contributed by atoms with Crippen LogP contribution in [-0.2, 0) is 6.42 Å². The Bertz CT molecular complexity index is 566. The average molecular weight is 303 g/mol. The molecule has 2 heterocycles. The molecule has 0 aliphatic heterocycles. The number of thiophene rings is 1. The first-order valence-corrected chi connectivity index (χ1v) is 8.91. The van der Waals surface area contributed by atoms with Gasteiger partial charge in [-0.15, -0.1) is 11.3 Å². The van der Waals surface area contributed by atoms with E-state index in [9.17, 15) is 0 Å². The van der Waals surface area contributed by atoms with Crippen LogP contribution in [0.5, 0.6) is 0 Å². The number of likely N-dealkylation sites (N-methyl/N-ethyl adjacent to an activating group) is 1. The molecule has 4 heteroatoms. The molecule has 1 aliphatic rings. The summed E-state index contributed by atoms with van der Waals surface area (Å²) in [6.45, 7) is 5.33. The third kappa shape index (κ3) is 3.55. The number of aryl methyl sites for hydroxylation is 1. The van der Waals surface area contributed by atoms with Crippen molar-refractivity contribution in [2.75, 3.05) is 6.54 Å². The molecule has 0 amide bonds. The third-order valence-corrected chi connectivity index (χ3v) is 5.45. The zero-order chi connectivity index (χ0) is 14.7. The number of nitrogens with zero attached hydrogens (tertiary/aromatic N) is 2. The average Bonchev–Trinajstić information content (AvgIpc) is 3.18. The fraction of sp³-hybridized carbons (Fsp3) is 0.588. The standard InChI is InChI=1S/C17H25N3S/c1-3-18-16(17-9-8-13(2)21-17)12-14-10-11-20(19-14)15-6-4-5-7-15/h8-11,15-16,18H,3-7,12H2,1-2H3. The second-order valence-electron chi connectivity index (χ2n) is 5.99. The van der Waals surface area contributed by atoms with E-state index in [1.807, 2.05) is 11.3 Å². The SMILES string of the molecule is CCNC(Cc1ccn(C2CCCC2)n1)c1ccc(C)s1. The lowest BCUT2D eigenvalue weighted by Gasteiger charge is -2.15. The summed E-state index contributed by atoms with van der Waals surface area (Å²) < 4.78 is 2.20. The van der Waals surface area contributed by atoms with Crippen molar-refractivity contribution in [1.29, 1.82) is 0 Å². The molecule has 1 fully saturated rings. The number of aromatic nitrogens is 2. The molecule has 0 aromatic carbocycles. The van der Waals surface area contributed by atoms with Crippen LogP contribution in [0.3, 0.4) is 0 Å². The van der Waals surface area contributed by atoms with E-state index in [0.717, 1.165) is 13.0 Å². The largest absolute Gasteiger partial charge is 0.309 e. The summed E-state index contributed by atoms with van der Waals surface area (Å²) in [5, 5.41) is 8.43. The fourth-order valence-electron chi connectivity index (χ4n) is 3.23. The van der Waals surface area contributed by atoms with Crippen LogP contribution in [0.2, 0.25) is 0 Å². The van der Waals surface area contributed by atoms with Crippen LogP contribution >= 0.6 is 11.3 Å². The molecule has 1 atom stereocenters. The maximum Gasteiger partial charge on any atom is 0.0644 e. The molecule has 0 saturated heterocycles. The molecule has 21 heavy (non-hydrogen) atoms. The van der Waals surface area contributed by atoms with Crippen LogP contribution in [0.4, 0.5) is 0 Å². The number of hydrogen-bond acceptors (Lipinski definition) is 3. The van der Waals surface area contributed by atoms with Gasteiger partial charge in [0.2, 0.25) is 0 Å². The van der Waals surface area contributed by atoms with Gasteiger partial charge < -0.3 is 5.32 Å². The van der Waals surface area contributed by atoms with Crippen LogP contribution in [0.25, 0.3) is 0 Å². The van der Waals surface area contributed by atoms with Gasteiger partial charge in [0.05, 0.1) is 11.7 Å². The molecule has 1 aliphatic carbocycles. The summed E-state index contributed by atoms with van der Waals surface area (Å²) in [6, 6.07) is 7.69. The Hall–Kier alpha value is -1.13. The van der Waals surface area contributed by atoms with Gasteiger partial charge in [0.25, 0.3) is 0 Å². The summed E-state index contributed by atoms with van der Waals surface area (Å²) in [5.41, 5.74) is 1.21. The zero-order valence-electron chi connectivity index (χ0n) is 13.0. The van der Waals surface area contributed by atoms with Gasteiger partial charge >= 0.3 is 0 Å². The first-order chi connectivity index (χ1) is 10.3. The van der Waals surface area contributed by atoms with Crippen LogP contribution in [-0.4, -0.2) is 16.3 Å². The minimum atomic E-state index is 0.389. The van der Waals surface area contributed by atoms with Crippen molar-refractivity contribution >= 4 is 11.3 Å². The van der Waals surface area contributed by atoms with Crippen molar-refractivity contribution in [3.05, 3.63) is 39.8 Å². The number of nitrogens with one attached hydrogen (secondary N) is 1. The first-order valence-electron chi connectivity index (χ1n) is 8.10. The molecule has 0 spiro atoms. The van der Waals surface area contributed by atoms with Crippen molar-refractivity contribution in [2.24, 2.45) is 0 Å². The summed E-state index contributed by atoms with van der Waals surface area (Å²) >= 11 is 1.89. The molecular weight excluding hydrogens is 278 g/mol. The molecule has 0 bridgehead atoms. The van der Waals surface area contributed by atoms with Gasteiger partial charge in [-0.3, -0.25) is 4.68 Å². The third-order valence-electron chi connectivity index (χ3n) is 4.33. The maximum absolute atomic E-state index is 4.83. The van der Waals surface area contributed by atoms with E-state index < -0.39 is 0 Å². The fourth-order valence-corrected chi connectivity index (χ4v) is 4.18. The highest BCUT2D eigenvalue weighted by atomic mass is 32.1. The quantitative estimate of drug-likeness (QED) is 0.864. The smallest absolute Gasteiger partial charge is 0.0644 e. The molecule has 1 N–H and O–H groups in total. The zero-order valence-corrected chi connectivity index (χ0v) is 13.8. The van der Waals surface area contributed by atoms with E-state index in [1.165, 1.54) is 41.1 Å². The normalized spacial score (nSPS) is 17.4. The minimum Gasteiger partial charge on any atom is -0.309 e. The first kappa shape index (κ1) is 14.8. The highest BCUT2D eigenvalue weighted by Gasteiger charge is 2.19. The van der Waals surface area contributed by atoms with Gasteiger partial charge in [0, 0.05) is 28.4 Å². The Morgan fingerprint density at radius 1 is 1.33 bits per heavy atom. The summed E-state index contributed by atoms with van der Waals surface area (Å²) in [5.74, 6) is 0. The summed E-state index contributed by atoms with van der Waals surface area (Å²) in [6.07, 6.45) is 8.45. The van der Waals surface area contributed by atoms with Crippen LogP contribution in [0.15, 0.2) is 24.4 Å². The van der Waals surface area contributed by atoms with E-state index in [-0.39, 0.29) is 0 Å². The lowest BCUT2D eigenvalue weighted by molar-refractivity contribution is 0.458. The molecule has 3 rings (SSSR count). The molecular formula is C17H25N3S. The highest BCUT2D eigenvalue weighted by molar-refractivity contribution is 7.12. The molecule has 114 valence electrons. The molecule has 2 aromatic heterocycles. The summed E-state index contributed by atoms with van der Waals surface area (Å²) in [4.78, 5) is 2.80. The second kappa shape index (κ2) is 6.75. The Morgan fingerprint density at radius 3 is 2.81 bits per heavy atom. The van der Waals surface area contributed by atoms with Gasteiger partial charge in [-0.25, -0.2) is 0 Å². The molecule has 1 unspecified atom stereocenters. The van der Waals surface area contributed by atoms with Gasteiger partial charge in [0.15, 0.2) is 0 Å². The lowest BCUT2D eigenvalue weighted by atomic mass is 10.1. The van der Waals surface area contributed by atoms with E-state index in [0.29, 0.717) is 12.1 Å². The summed E-state index contributed by atoms with van der Waals surface area (Å²) in [7, 11) is 0. The topological polar surface area (TPSA) is 29.9 Å². The minimum absolute atomic E-state index is 0.389. The van der Waals surface area contributed by atoms with Gasteiger partial charge in [-0.05, 0) is 44.5 Å². The predicted molar refractivity (Wildman–Crippen MR) is 88.9 cm³/mol. The maximum atomic E-state index is 4.83. The second-order valence-corrected chi connectivity index (χ2v) is 7.31. The molecule has 2 aromatic rings. The number of rotatable bonds is 6. The Labute approximate surface area is 131 Å². The molecule has 1 saturated carbocycles.